The van der Waals surface area contributed by atoms with Crippen LogP contribution in [0.4, 0.5) is 5.69 Å². The minimum atomic E-state index is -0.594. The zero-order chi connectivity index (χ0) is 19.1. The van der Waals surface area contributed by atoms with E-state index in [0.717, 1.165) is 22.5 Å². The number of nitrogens with zero attached hydrogens (tertiary/aromatic N) is 2. The summed E-state index contributed by atoms with van der Waals surface area (Å²) in [5.41, 5.74) is 4.67. The summed E-state index contributed by atoms with van der Waals surface area (Å²) in [5, 5.41) is 18.1. The van der Waals surface area contributed by atoms with Gasteiger partial charge in [0.25, 0.3) is 5.91 Å². The highest BCUT2D eigenvalue weighted by Gasteiger charge is 2.34. The summed E-state index contributed by atoms with van der Waals surface area (Å²) in [7, 11) is 0. The molecular weight excluding hydrogens is 350 g/mol. The molecule has 1 aromatic heterocycles. The van der Waals surface area contributed by atoms with Crippen molar-refractivity contribution in [2.75, 3.05) is 5.32 Å². The van der Waals surface area contributed by atoms with Gasteiger partial charge in [0.05, 0.1) is 11.4 Å². The second kappa shape index (κ2) is 6.39. The molecule has 0 radical (unpaired) electrons. The van der Waals surface area contributed by atoms with E-state index >= 15 is 0 Å². The van der Waals surface area contributed by atoms with Crippen LogP contribution in [0.5, 0.6) is 5.75 Å². The Morgan fingerprint density at radius 2 is 1.61 bits per heavy atom. The SMILES string of the molecule is O=C1Nc2ccccc2[C@@H]1n1nc(-c2ccccc2)cc1-c1ccccc1O. The van der Waals surface area contributed by atoms with E-state index in [2.05, 4.69) is 5.32 Å². The van der Waals surface area contributed by atoms with Crippen molar-refractivity contribution in [2.45, 2.75) is 6.04 Å². The molecule has 0 bridgehead atoms. The maximum atomic E-state index is 12.8. The highest BCUT2D eigenvalue weighted by molar-refractivity contribution is 6.03. The van der Waals surface area contributed by atoms with Crippen molar-refractivity contribution in [1.29, 1.82) is 0 Å². The van der Waals surface area contributed by atoms with Gasteiger partial charge >= 0.3 is 0 Å². The molecule has 5 rings (SSSR count). The minimum Gasteiger partial charge on any atom is -0.507 e. The summed E-state index contributed by atoms with van der Waals surface area (Å²) in [6.45, 7) is 0. The van der Waals surface area contributed by atoms with Crippen LogP contribution < -0.4 is 5.32 Å². The van der Waals surface area contributed by atoms with Crippen LogP contribution in [0.2, 0.25) is 0 Å². The van der Waals surface area contributed by atoms with Crippen molar-refractivity contribution in [3.63, 3.8) is 0 Å². The summed E-state index contributed by atoms with van der Waals surface area (Å²) >= 11 is 0. The first-order chi connectivity index (χ1) is 13.7. The molecule has 0 aliphatic carbocycles. The smallest absolute Gasteiger partial charge is 0.253 e. The molecule has 5 nitrogen and oxygen atoms in total. The first kappa shape index (κ1) is 16.3. The van der Waals surface area contributed by atoms with Gasteiger partial charge in [0, 0.05) is 22.4 Å². The Morgan fingerprint density at radius 1 is 0.893 bits per heavy atom. The van der Waals surface area contributed by atoms with Gasteiger partial charge in [0.2, 0.25) is 0 Å². The first-order valence-corrected chi connectivity index (χ1v) is 9.05. The van der Waals surface area contributed by atoms with Gasteiger partial charge in [-0.2, -0.15) is 5.10 Å². The largest absolute Gasteiger partial charge is 0.507 e. The van der Waals surface area contributed by atoms with Crippen molar-refractivity contribution in [3.8, 4) is 28.3 Å². The van der Waals surface area contributed by atoms with Gasteiger partial charge < -0.3 is 10.4 Å². The molecule has 1 aliphatic heterocycles. The third kappa shape index (κ3) is 2.56. The number of hydrogen-bond donors (Lipinski definition) is 2. The van der Waals surface area contributed by atoms with Crippen LogP contribution in [0, 0.1) is 0 Å². The molecule has 2 heterocycles. The number of aromatic hydroxyl groups is 1. The zero-order valence-electron chi connectivity index (χ0n) is 14.9. The Bertz CT molecular complexity index is 1180. The summed E-state index contributed by atoms with van der Waals surface area (Å²) < 4.78 is 1.71. The number of benzene rings is 3. The Kier molecular flexibility index (Phi) is 3.72. The van der Waals surface area contributed by atoms with Crippen LogP contribution in [0.1, 0.15) is 11.6 Å². The first-order valence-electron chi connectivity index (χ1n) is 9.05. The number of carbonyl (C=O) groups is 1. The number of carbonyl (C=O) groups excluding carboxylic acids is 1. The van der Waals surface area contributed by atoms with E-state index in [9.17, 15) is 9.90 Å². The van der Waals surface area contributed by atoms with Gasteiger partial charge in [-0.1, -0.05) is 60.7 Å². The monoisotopic (exact) mass is 367 g/mol. The summed E-state index contributed by atoms with van der Waals surface area (Å²) in [6, 6.07) is 25.8. The number of rotatable bonds is 3. The lowest BCUT2D eigenvalue weighted by Gasteiger charge is -2.14. The van der Waals surface area contributed by atoms with E-state index in [0.29, 0.717) is 11.3 Å². The fourth-order valence-corrected chi connectivity index (χ4v) is 3.67. The second-order valence-electron chi connectivity index (χ2n) is 6.72. The van der Waals surface area contributed by atoms with Gasteiger partial charge in [0.15, 0.2) is 6.04 Å². The van der Waals surface area contributed by atoms with E-state index < -0.39 is 6.04 Å². The van der Waals surface area contributed by atoms with E-state index in [1.807, 2.05) is 72.8 Å². The molecule has 0 saturated heterocycles. The summed E-state index contributed by atoms with van der Waals surface area (Å²) in [5.74, 6) is 0.00975. The fraction of sp³-hybridized carbons (Fsp3) is 0.0435. The van der Waals surface area contributed by atoms with E-state index in [4.69, 9.17) is 5.10 Å². The van der Waals surface area contributed by atoms with E-state index in [1.165, 1.54) is 0 Å². The quantitative estimate of drug-likeness (QED) is 0.562. The lowest BCUT2D eigenvalue weighted by Crippen LogP contribution is -2.21. The number of anilines is 1. The van der Waals surface area contributed by atoms with Crippen LogP contribution in [-0.4, -0.2) is 20.8 Å². The van der Waals surface area contributed by atoms with E-state index in [-0.39, 0.29) is 11.7 Å². The number of hydrogen-bond acceptors (Lipinski definition) is 3. The Morgan fingerprint density at radius 3 is 2.43 bits per heavy atom. The average Bonchev–Trinajstić information content (AvgIpc) is 3.29. The molecule has 1 atom stereocenters. The van der Waals surface area contributed by atoms with Gasteiger partial charge in [-0.25, -0.2) is 4.68 Å². The Labute approximate surface area is 161 Å². The van der Waals surface area contributed by atoms with Crippen molar-refractivity contribution < 1.29 is 9.90 Å². The lowest BCUT2D eigenvalue weighted by molar-refractivity contribution is -0.117. The minimum absolute atomic E-state index is 0.138. The molecule has 0 unspecified atom stereocenters. The number of amides is 1. The van der Waals surface area contributed by atoms with Gasteiger partial charge in [-0.3, -0.25) is 4.79 Å². The Hall–Kier alpha value is -3.86. The average molecular weight is 367 g/mol. The standard InChI is InChI=1S/C23H17N3O2/c27-21-13-7-5-11-17(21)20-14-19(15-8-2-1-3-9-15)25-26(20)22-16-10-4-6-12-18(16)24-23(22)28/h1-14,22,27H,(H,24,28)/t22-/m0/s1. The predicted octanol–water partition coefficient (Wildman–Crippen LogP) is 4.46. The van der Waals surface area contributed by atoms with Gasteiger partial charge in [0.1, 0.15) is 5.75 Å². The molecule has 4 aromatic rings. The fourth-order valence-electron chi connectivity index (χ4n) is 3.67. The molecule has 0 spiro atoms. The lowest BCUT2D eigenvalue weighted by atomic mass is 10.1. The predicted molar refractivity (Wildman–Crippen MR) is 108 cm³/mol. The van der Waals surface area contributed by atoms with Gasteiger partial charge in [-0.15, -0.1) is 0 Å². The molecule has 3 aromatic carbocycles. The number of aromatic nitrogens is 2. The van der Waals surface area contributed by atoms with Crippen molar-refractivity contribution in [2.24, 2.45) is 0 Å². The number of nitrogens with one attached hydrogen (secondary N) is 1. The van der Waals surface area contributed by atoms with Crippen LogP contribution in [-0.2, 0) is 4.79 Å². The molecule has 1 amide bonds. The molecular formula is C23H17N3O2. The Balaban J connectivity index is 1.74. The summed E-state index contributed by atoms with van der Waals surface area (Å²) in [4.78, 5) is 12.8. The molecule has 5 heteroatoms. The number of fused-ring (bicyclic) bond motifs is 1. The number of para-hydroxylation sites is 2. The maximum Gasteiger partial charge on any atom is 0.253 e. The molecule has 1 aliphatic rings. The van der Waals surface area contributed by atoms with Crippen LogP contribution in [0.25, 0.3) is 22.5 Å². The molecule has 28 heavy (non-hydrogen) atoms. The molecule has 0 fully saturated rings. The van der Waals surface area contributed by atoms with Crippen LogP contribution >= 0.6 is 0 Å². The van der Waals surface area contributed by atoms with Crippen LogP contribution in [0.15, 0.2) is 84.9 Å². The number of phenols is 1. The molecule has 0 saturated carbocycles. The number of phenolic OH excluding ortho intramolecular Hbond substituents is 1. The van der Waals surface area contributed by atoms with Crippen molar-refractivity contribution in [3.05, 3.63) is 90.5 Å². The second-order valence-corrected chi connectivity index (χ2v) is 6.72. The normalized spacial score (nSPS) is 15.3. The highest BCUT2D eigenvalue weighted by Crippen LogP contribution is 2.39. The summed E-state index contributed by atoms with van der Waals surface area (Å²) in [6.07, 6.45) is 0. The topological polar surface area (TPSA) is 67.2 Å². The van der Waals surface area contributed by atoms with E-state index in [1.54, 1.807) is 16.8 Å². The molecule has 136 valence electrons. The van der Waals surface area contributed by atoms with Crippen molar-refractivity contribution >= 4 is 11.6 Å². The van der Waals surface area contributed by atoms with Crippen molar-refractivity contribution in [1.82, 2.24) is 9.78 Å². The third-order valence-corrected chi connectivity index (χ3v) is 4.99. The van der Waals surface area contributed by atoms with Gasteiger partial charge in [-0.05, 0) is 24.3 Å². The maximum absolute atomic E-state index is 12.8. The van der Waals surface area contributed by atoms with Crippen LogP contribution in [0.3, 0.4) is 0 Å². The zero-order valence-corrected chi connectivity index (χ0v) is 14.9. The third-order valence-electron chi connectivity index (χ3n) is 4.99. The highest BCUT2D eigenvalue weighted by atomic mass is 16.3. The molecule has 2 N–H and O–H groups in total.